The summed E-state index contributed by atoms with van der Waals surface area (Å²) in [5, 5.41) is 6.15. The van der Waals surface area contributed by atoms with E-state index < -0.39 is 0 Å². The predicted molar refractivity (Wildman–Crippen MR) is 105 cm³/mol. The van der Waals surface area contributed by atoms with E-state index in [0.717, 1.165) is 34.5 Å². The number of carbonyl (C=O) groups excluding carboxylic acids is 1. The summed E-state index contributed by atoms with van der Waals surface area (Å²) in [5.74, 6) is 0.248. The molecule has 0 spiro atoms. The second-order valence-electron chi connectivity index (χ2n) is 6.15. The van der Waals surface area contributed by atoms with Gasteiger partial charge in [0, 0.05) is 23.8 Å². The van der Waals surface area contributed by atoms with Crippen LogP contribution >= 0.6 is 0 Å². The minimum absolute atomic E-state index is 0.218. The van der Waals surface area contributed by atoms with E-state index in [1.54, 1.807) is 0 Å². The third-order valence-electron chi connectivity index (χ3n) is 4.28. The molecule has 2 N–H and O–H groups in total. The predicted octanol–water partition coefficient (Wildman–Crippen LogP) is 4.65. The van der Waals surface area contributed by atoms with Crippen LogP contribution in [-0.4, -0.2) is 15.9 Å². The van der Waals surface area contributed by atoms with E-state index in [1.165, 1.54) is 12.4 Å². The number of hydrogen-bond donors (Lipinski definition) is 2. The SMILES string of the molecule is CCc1ccccc1NC(=O)c1cnc(Nc2c(C)cccc2C)nc1. The van der Waals surface area contributed by atoms with Gasteiger partial charge in [-0.05, 0) is 43.0 Å². The number of benzene rings is 2. The highest BCUT2D eigenvalue weighted by atomic mass is 16.1. The number of carbonyl (C=O) groups is 1. The number of hydrogen-bond acceptors (Lipinski definition) is 4. The molecule has 2 aromatic carbocycles. The molecule has 5 nitrogen and oxygen atoms in total. The van der Waals surface area contributed by atoms with Crippen molar-refractivity contribution < 1.29 is 4.79 Å². The molecule has 0 unspecified atom stereocenters. The van der Waals surface area contributed by atoms with Crippen LogP contribution in [0.1, 0.15) is 34.0 Å². The van der Waals surface area contributed by atoms with Gasteiger partial charge in [-0.2, -0.15) is 0 Å². The topological polar surface area (TPSA) is 66.9 Å². The first-order valence-electron chi connectivity index (χ1n) is 8.63. The lowest BCUT2D eigenvalue weighted by atomic mass is 10.1. The maximum atomic E-state index is 12.4. The van der Waals surface area contributed by atoms with Gasteiger partial charge < -0.3 is 10.6 Å². The smallest absolute Gasteiger partial charge is 0.258 e. The van der Waals surface area contributed by atoms with Crippen molar-refractivity contribution in [2.45, 2.75) is 27.2 Å². The fourth-order valence-corrected chi connectivity index (χ4v) is 2.78. The first-order chi connectivity index (χ1) is 12.6. The Balaban J connectivity index is 1.74. The Kier molecular flexibility index (Phi) is 5.27. The summed E-state index contributed by atoms with van der Waals surface area (Å²) in [6.45, 7) is 6.12. The third kappa shape index (κ3) is 3.88. The summed E-state index contributed by atoms with van der Waals surface area (Å²) in [4.78, 5) is 21.0. The summed E-state index contributed by atoms with van der Waals surface area (Å²) < 4.78 is 0. The van der Waals surface area contributed by atoms with E-state index in [1.807, 2.05) is 56.3 Å². The van der Waals surface area contributed by atoms with Gasteiger partial charge in [0.1, 0.15) is 0 Å². The quantitative estimate of drug-likeness (QED) is 0.705. The number of aromatic nitrogens is 2. The molecule has 1 amide bonds. The van der Waals surface area contributed by atoms with Crippen LogP contribution in [0.5, 0.6) is 0 Å². The number of rotatable bonds is 5. The molecule has 0 aliphatic carbocycles. The molecular formula is C21H22N4O. The van der Waals surface area contributed by atoms with Crippen LogP contribution in [0.2, 0.25) is 0 Å². The summed E-state index contributed by atoms with van der Waals surface area (Å²) in [6, 6.07) is 13.8. The average Bonchev–Trinajstić information content (AvgIpc) is 2.66. The standard InChI is InChI=1S/C21H22N4O/c1-4-16-10-5-6-11-18(16)24-20(26)17-12-22-21(23-13-17)25-19-14(2)8-7-9-15(19)3/h5-13H,4H2,1-3H3,(H,24,26)(H,22,23,25). The molecule has 3 aromatic rings. The minimum Gasteiger partial charge on any atom is -0.324 e. The van der Waals surface area contributed by atoms with Crippen LogP contribution in [0.4, 0.5) is 17.3 Å². The summed E-state index contributed by atoms with van der Waals surface area (Å²) in [6.07, 6.45) is 3.92. The van der Waals surface area contributed by atoms with Crippen molar-refractivity contribution in [1.29, 1.82) is 0 Å². The number of aryl methyl sites for hydroxylation is 3. The van der Waals surface area contributed by atoms with Gasteiger partial charge in [0.2, 0.25) is 5.95 Å². The Labute approximate surface area is 153 Å². The van der Waals surface area contributed by atoms with Gasteiger partial charge in [-0.1, -0.05) is 43.3 Å². The number of nitrogens with zero attached hydrogens (tertiary/aromatic N) is 2. The van der Waals surface area contributed by atoms with Crippen molar-refractivity contribution in [3.8, 4) is 0 Å². The highest BCUT2D eigenvalue weighted by Gasteiger charge is 2.10. The average molecular weight is 346 g/mol. The Morgan fingerprint density at radius 3 is 2.27 bits per heavy atom. The monoisotopic (exact) mass is 346 g/mol. The van der Waals surface area contributed by atoms with Crippen LogP contribution in [0.15, 0.2) is 54.9 Å². The molecule has 0 aliphatic heterocycles. The molecule has 5 heteroatoms. The lowest BCUT2D eigenvalue weighted by Crippen LogP contribution is -2.14. The van der Waals surface area contributed by atoms with E-state index in [4.69, 9.17) is 0 Å². The van der Waals surface area contributed by atoms with Gasteiger partial charge >= 0.3 is 0 Å². The van der Waals surface area contributed by atoms with Gasteiger partial charge in [0.25, 0.3) is 5.91 Å². The van der Waals surface area contributed by atoms with Crippen molar-refractivity contribution in [2.24, 2.45) is 0 Å². The molecule has 0 aliphatic rings. The molecule has 3 rings (SSSR count). The van der Waals surface area contributed by atoms with Crippen LogP contribution in [0.3, 0.4) is 0 Å². The van der Waals surface area contributed by atoms with E-state index in [0.29, 0.717) is 11.5 Å². The molecule has 0 bridgehead atoms. The van der Waals surface area contributed by atoms with Crippen molar-refractivity contribution in [3.05, 3.63) is 77.1 Å². The fraction of sp³-hybridized carbons (Fsp3) is 0.190. The summed E-state index contributed by atoms with van der Waals surface area (Å²) in [7, 11) is 0. The van der Waals surface area contributed by atoms with E-state index in [-0.39, 0.29) is 5.91 Å². The zero-order chi connectivity index (χ0) is 18.5. The van der Waals surface area contributed by atoms with Crippen molar-refractivity contribution in [1.82, 2.24) is 9.97 Å². The van der Waals surface area contributed by atoms with Gasteiger partial charge in [-0.15, -0.1) is 0 Å². The Morgan fingerprint density at radius 1 is 0.962 bits per heavy atom. The van der Waals surface area contributed by atoms with Crippen molar-refractivity contribution >= 4 is 23.2 Å². The van der Waals surface area contributed by atoms with Crippen molar-refractivity contribution in [3.63, 3.8) is 0 Å². The zero-order valence-electron chi connectivity index (χ0n) is 15.2. The number of amides is 1. The molecule has 0 fully saturated rings. The summed E-state index contributed by atoms with van der Waals surface area (Å²) >= 11 is 0. The molecule has 132 valence electrons. The molecule has 26 heavy (non-hydrogen) atoms. The highest BCUT2D eigenvalue weighted by Crippen LogP contribution is 2.22. The van der Waals surface area contributed by atoms with E-state index in [2.05, 4.69) is 27.5 Å². The maximum Gasteiger partial charge on any atom is 0.258 e. The number of anilines is 3. The maximum absolute atomic E-state index is 12.4. The minimum atomic E-state index is -0.218. The molecular weight excluding hydrogens is 324 g/mol. The highest BCUT2D eigenvalue weighted by molar-refractivity contribution is 6.04. The van der Waals surface area contributed by atoms with Crippen LogP contribution < -0.4 is 10.6 Å². The molecule has 0 radical (unpaired) electrons. The third-order valence-corrected chi connectivity index (χ3v) is 4.28. The molecule has 0 saturated carbocycles. The fourth-order valence-electron chi connectivity index (χ4n) is 2.78. The van der Waals surface area contributed by atoms with Crippen LogP contribution in [0.25, 0.3) is 0 Å². The number of para-hydroxylation sites is 2. The van der Waals surface area contributed by atoms with Gasteiger partial charge in [0.15, 0.2) is 0 Å². The molecule has 1 heterocycles. The molecule has 0 atom stereocenters. The summed E-state index contributed by atoms with van der Waals surface area (Å²) in [5.41, 5.74) is 5.55. The Hall–Kier alpha value is -3.21. The van der Waals surface area contributed by atoms with E-state index in [9.17, 15) is 4.79 Å². The van der Waals surface area contributed by atoms with Crippen LogP contribution in [0, 0.1) is 13.8 Å². The lowest BCUT2D eigenvalue weighted by Gasteiger charge is -2.12. The molecule has 1 aromatic heterocycles. The van der Waals surface area contributed by atoms with Gasteiger partial charge in [-0.25, -0.2) is 9.97 Å². The van der Waals surface area contributed by atoms with Crippen LogP contribution in [-0.2, 0) is 6.42 Å². The molecule has 0 saturated heterocycles. The normalized spacial score (nSPS) is 10.4. The van der Waals surface area contributed by atoms with E-state index >= 15 is 0 Å². The second kappa shape index (κ2) is 7.78. The second-order valence-corrected chi connectivity index (χ2v) is 6.15. The van der Waals surface area contributed by atoms with Crippen molar-refractivity contribution in [2.75, 3.05) is 10.6 Å². The zero-order valence-corrected chi connectivity index (χ0v) is 15.2. The first kappa shape index (κ1) is 17.6. The Morgan fingerprint density at radius 2 is 1.62 bits per heavy atom. The first-order valence-corrected chi connectivity index (χ1v) is 8.63. The lowest BCUT2D eigenvalue weighted by molar-refractivity contribution is 0.102. The Bertz CT molecular complexity index is 899. The van der Waals surface area contributed by atoms with Gasteiger partial charge in [-0.3, -0.25) is 4.79 Å². The largest absolute Gasteiger partial charge is 0.324 e. The van der Waals surface area contributed by atoms with Gasteiger partial charge in [0.05, 0.1) is 5.56 Å². The number of nitrogens with one attached hydrogen (secondary N) is 2.